The summed E-state index contributed by atoms with van der Waals surface area (Å²) >= 11 is 0. The Hall–Kier alpha value is -1.89. The molecule has 7 nitrogen and oxygen atoms in total. The number of likely N-dealkylation sites (tertiary alicyclic amines) is 2. The first kappa shape index (κ1) is 17.9. The molecule has 0 saturated carbocycles. The van der Waals surface area contributed by atoms with E-state index in [4.69, 9.17) is 5.11 Å². The van der Waals surface area contributed by atoms with Crippen LogP contribution < -0.4 is 0 Å². The van der Waals surface area contributed by atoms with Crippen molar-refractivity contribution >= 4 is 11.9 Å². The lowest BCUT2D eigenvalue weighted by Crippen LogP contribution is -2.40. The van der Waals surface area contributed by atoms with Gasteiger partial charge in [-0.15, -0.1) is 0 Å². The fourth-order valence-electron chi connectivity index (χ4n) is 4.01. The van der Waals surface area contributed by atoms with Crippen molar-refractivity contribution in [1.29, 1.82) is 0 Å². The first-order valence-corrected chi connectivity index (χ1v) is 9.37. The number of carbonyl (C=O) groups is 2. The van der Waals surface area contributed by atoms with E-state index in [9.17, 15) is 9.59 Å². The fourth-order valence-corrected chi connectivity index (χ4v) is 4.01. The van der Waals surface area contributed by atoms with Crippen LogP contribution in [0.15, 0.2) is 12.3 Å². The van der Waals surface area contributed by atoms with E-state index in [1.165, 1.54) is 25.9 Å². The zero-order valence-corrected chi connectivity index (χ0v) is 14.8. The molecule has 1 N–H and O–H groups in total. The van der Waals surface area contributed by atoms with E-state index < -0.39 is 5.97 Å². The molecule has 1 aromatic rings. The standard InChI is InChI=1S/C18H28N4O3/c23-17(6-4-11-20-9-1-2-10-20)21-12-3-5-15(13-21)16-7-8-19-22(16)14-18(24)25/h7-8,15H,1-6,9-14H2,(H,24,25). The summed E-state index contributed by atoms with van der Waals surface area (Å²) in [4.78, 5) is 27.9. The minimum absolute atomic E-state index is 0.122. The van der Waals surface area contributed by atoms with Gasteiger partial charge in [-0.1, -0.05) is 0 Å². The topological polar surface area (TPSA) is 78.7 Å². The van der Waals surface area contributed by atoms with Crippen LogP contribution in [0.5, 0.6) is 0 Å². The number of aliphatic carboxylic acids is 1. The lowest BCUT2D eigenvalue weighted by Gasteiger charge is -2.33. The van der Waals surface area contributed by atoms with Gasteiger partial charge >= 0.3 is 5.97 Å². The van der Waals surface area contributed by atoms with Crippen LogP contribution in [0.2, 0.25) is 0 Å². The SMILES string of the molecule is O=C(O)Cn1nccc1C1CCCN(C(=O)CCCN2CCCC2)C1. The molecule has 2 fully saturated rings. The molecule has 2 aliphatic heterocycles. The average Bonchev–Trinajstić information content (AvgIpc) is 3.26. The molecular weight excluding hydrogens is 320 g/mol. The lowest BCUT2D eigenvalue weighted by atomic mass is 9.94. The van der Waals surface area contributed by atoms with Gasteiger partial charge < -0.3 is 14.9 Å². The van der Waals surface area contributed by atoms with Crippen molar-refractivity contribution in [2.24, 2.45) is 0 Å². The smallest absolute Gasteiger partial charge is 0.325 e. The molecule has 3 heterocycles. The fraction of sp³-hybridized carbons (Fsp3) is 0.722. The zero-order valence-electron chi connectivity index (χ0n) is 14.8. The van der Waals surface area contributed by atoms with Crippen molar-refractivity contribution in [2.75, 3.05) is 32.7 Å². The molecule has 0 aliphatic carbocycles. The summed E-state index contributed by atoms with van der Waals surface area (Å²) in [6, 6.07) is 1.88. The van der Waals surface area contributed by atoms with Crippen LogP contribution >= 0.6 is 0 Å². The van der Waals surface area contributed by atoms with Crippen molar-refractivity contribution in [3.05, 3.63) is 18.0 Å². The number of nitrogens with zero attached hydrogens (tertiary/aromatic N) is 4. The Morgan fingerprint density at radius 1 is 1.20 bits per heavy atom. The predicted molar refractivity (Wildman–Crippen MR) is 93.3 cm³/mol. The largest absolute Gasteiger partial charge is 0.480 e. The van der Waals surface area contributed by atoms with Gasteiger partial charge in [-0.2, -0.15) is 5.10 Å². The highest BCUT2D eigenvalue weighted by Crippen LogP contribution is 2.27. The molecule has 0 radical (unpaired) electrons. The molecule has 2 saturated heterocycles. The Morgan fingerprint density at radius 3 is 2.76 bits per heavy atom. The van der Waals surface area contributed by atoms with Crippen LogP contribution in [-0.4, -0.2) is 69.3 Å². The first-order valence-electron chi connectivity index (χ1n) is 9.37. The molecular formula is C18H28N4O3. The highest BCUT2D eigenvalue weighted by atomic mass is 16.4. The highest BCUT2D eigenvalue weighted by molar-refractivity contribution is 5.76. The monoisotopic (exact) mass is 348 g/mol. The molecule has 2 aliphatic rings. The Labute approximate surface area is 148 Å². The van der Waals surface area contributed by atoms with E-state index in [-0.39, 0.29) is 18.4 Å². The summed E-state index contributed by atoms with van der Waals surface area (Å²) in [6.45, 7) is 4.73. The third-order valence-corrected chi connectivity index (χ3v) is 5.29. The van der Waals surface area contributed by atoms with Gasteiger partial charge in [0.05, 0.1) is 0 Å². The van der Waals surface area contributed by atoms with Crippen molar-refractivity contribution in [3.8, 4) is 0 Å². The summed E-state index contributed by atoms with van der Waals surface area (Å²) in [5, 5.41) is 13.1. The number of piperidine rings is 1. The molecule has 25 heavy (non-hydrogen) atoms. The third-order valence-electron chi connectivity index (χ3n) is 5.29. The number of amides is 1. The Morgan fingerprint density at radius 2 is 2.00 bits per heavy atom. The van der Waals surface area contributed by atoms with Gasteiger partial charge in [0, 0.05) is 37.3 Å². The van der Waals surface area contributed by atoms with Gasteiger partial charge in [0.2, 0.25) is 5.91 Å². The molecule has 1 aromatic heterocycles. The maximum atomic E-state index is 12.5. The average molecular weight is 348 g/mol. The van der Waals surface area contributed by atoms with Gasteiger partial charge in [0.15, 0.2) is 0 Å². The number of rotatable bonds is 7. The molecule has 3 rings (SSSR count). The minimum Gasteiger partial charge on any atom is -0.480 e. The van der Waals surface area contributed by atoms with Crippen LogP contribution in [0, 0.1) is 0 Å². The Bertz CT molecular complexity index is 595. The first-order chi connectivity index (χ1) is 12.1. The van der Waals surface area contributed by atoms with Crippen LogP contribution in [0.4, 0.5) is 0 Å². The highest BCUT2D eigenvalue weighted by Gasteiger charge is 2.27. The Balaban J connectivity index is 1.51. The quantitative estimate of drug-likeness (QED) is 0.809. The summed E-state index contributed by atoms with van der Waals surface area (Å²) in [5.74, 6) is -0.484. The zero-order chi connectivity index (χ0) is 17.6. The van der Waals surface area contributed by atoms with E-state index >= 15 is 0 Å². The predicted octanol–water partition coefficient (Wildman–Crippen LogP) is 1.55. The van der Waals surface area contributed by atoms with Crippen molar-refractivity contribution in [2.45, 2.75) is 51.0 Å². The molecule has 1 amide bonds. The van der Waals surface area contributed by atoms with Crippen molar-refractivity contribution < 1.29 is 14.7 Å². The van der Waals surface area contributed by atoms with Gasteiger partial charge in [0.25, 0.3) is 0 Å². The van der Waals surface area contributed by atoms with E-state index in [1.54, 1.807) is 10.9 Å². The van der Waals surface area contributed by atoms with E-state index in [0.29, 0.717) is 13.0 Å². The molecule has 138 valence electrons. The van der Waals surface area contributed by atoms with E-state index in [1.807, 2.05) is 11.0 Å². The maximum Gasteiger partial charge on any atom is 0.325 e. The molecule has 1 atom stereocenters. The van der Waals surface area contributed by atoms with E-state index in [2.05, 4.69) is 10.00 Å². The van der Waals surface area contributed by atoms with Gasteiger partial charge in [0.1, 0.15) is 6.54 Å². The number of aromatic nitrogens is 2. The summed E-state index contributed by atoms with van der Waals surface area (Å²) < 4.78 is 1.55. The molecule has 0 spiro atoms. The second-order valence-electron chi connectivity index (χ2n) is 7.14. The Kier molecular flexibility index (Phi) is 6.07. The minimum atomic E-state index is -0.893. The van der Waals surface area contributed by atoms with Crippen LogP contribution in [0.3, 0.4) is 0 Å². The van der Waals surface area contributed by atoms with Crippen molar-refractivity contribution in [3.63, 3.8) is 0 Å². The van der Waals surface area contributed by atoms with Crippen LogP contribution in [0.1, 0.15) is 50.1 Å². The molecule has 0 bridgehead atoms. The second-order valence-corrected chi connectivity index (χ2v) is 7.14. The number of carboxylic acids is 1. The number of carbonyl (C=O) groups excluding carboxylic acids is 1. The van der Waals surface area contributed by atoms with Crippen LogP contribution in [-0.2, 0) is 16.1 Å². The number of hydrogen-bond acceptors (Lipinski definition) is 4. The normalized spacial score (nSPS) is 21.6. The number of carboxylic acid groups (broad SMARTS) is 1. The number of hydrogen-bond donors (Lipinski definition) is 1. The van der Waals surface area contributed by atoms with Gasteiger partial charge in [-0.3, -0.25) is 14.3 Å². The summed E-state index contributed by atoms with van der Waals surface area (Å²) in [7, 11) is 0. The molecule has 7 heteroatoms. The van der Waals surface area contributed by atoms with Gasteiger partial charge in [-0.05, 0) is 57.8 Å². The maximum absolute atomic E-state index is 12.5. The summed E-state index contributed by atoms with van der Waals surface area (Å²) in [5.41, 5.74) is 0.928. The third kappa shape index (κ3) is 4.81. The van der Waals surface area contributed by atoms with Crippen molar-refractivity contribution in [1.82, 2.24) is 19.6 Å². The van der Waals surface area contributed by atoms with Gasteiger partial charge in [-0.25, -0.2) is 0 Å². The summed E-state index contributed by atoms with van der Waals surface area (Å²) in [6.07, 6.45) is 7.69. The lowest BCUT2D eigenvalue weighted by molar-refractivity contribution is -0.138. The second kappa shape index (κ2) is 8.47. The molecule has 1 unspecified atom stereocenters. The van der Waals surface area contributed by atoms with E-state index in [0.717, 1.165) is 38.0 Å². The van der Waals surface area contributed by atoms with Crippen LogP contribution in [0.25, 0.3) is 0 Å². The molecule has 0 aromatic carbocycles.